The van der Waals surface area contributed by atoms with Crippen LogP contribution in [0, 0.1) is 6.92 Å². The van der Waals surface area contributed by atoms with Crippen LogP contribution in [0.3, 0.4) is 0 Å². The second-order valence-corrected chi connectivity index (χ2v) is 9.92. The fourth-order valence-electron chi connectivity index (χ4n) is 5.00. The third kappa shape index (κ3) is 5.55. The Bertz CT molecular complexity index is 1500. The number of H-pyrrole nitrogens is 1. The number of halogens is 1. The smallest absolute Gasteiger partial charge is 0.251 e. The zero-order valence-electron chi connectivity index (χ0n) is 21.1. The first-order valence-electron chi connectivity index (χ1n) is 12.6. The first kappa shape index (κ1) is 25.5. The normalized spacial score (nSPS) is 17.1. The molecule has 38 heavy (non-hydrogen) atoms. The lowest BCUT2D eigenvalue weighted by molar-refractivity contribution is -0.111. The maximum Gasteiger partial charge on any atom is 0.251 e. The van der Waals surface area contributed by atoms with Gasteiger partial charge in [0.05, 0.1) is 16.9 Å². The molecule has 1 saturated carbocycles. The summed E-state index contributed by atoms with van der Waals surface area (Å²) in [7, 11) is 0. The fourth-order valence-corrected chi connectivity index (χ4v) is 5.18. The Hall–Kier alpha value is -4.17. The number of nitrogens with zero attached hydrogens (tertiary/aromatic N) is 2. The molecule has 2 amide bonds. The second kappa shape index (κ2) is 11.1. The number of nitrogens with one attached hydrogen (secondary N) is 4. The zero-order valence-corrected chi connectivity index (χ0v) is 21.8. The molecule has 2 atom stereocenters. The Labute approximate surface area is 225 Å². The van der Waals surface area contributed by atoms with Crippen molar-refractivity contribution in [2.24, 2.45) is 0 Å². The summed E-state index contributed by atoms with van der Waals surface area (Å²) in [5.41, 5.74) is 4.84. The summed E-state index contributed by atoms with van der Waals surface area (Å²) in [5, 5.41) is 10.8. The van der Waals surface area contributed by atoms with Gasteiger partial charge in [0.1, 0.15) is 0 Å². The zero-order chi connectivity index (χ0) is 26.6. The summed E-state index contributed by atoms with van der Waals surface area (Å²) in [6, 6.07) is 15.0. The van der Waals surface area contributed by atoms with E-state index in [0.717, 1.165) is 47.8 Å². The highest BCUT2D eigenvalue weighted by molar-refractivity contribution is 6.33. The summed E-state index contributed by atoms with van der Waals surface area (Å²) in [6.07, 6.45) is 6.42. The van der Waals surface area contributed by atoms with Gasteiger partial charge in [-0.15, -0.1) is 0 Å². The predicted octanol–water partition coefficient (Wildman–Crippen LogP) is 5.86. The number of aromatic nitrogens is 3. The van der Waals surface area contributed by atoms with E-state index in [4.69, 9.17) is 16.6 Å². The van der Waals surface area contributed by atoms with Gasteiger partial charge in [-0.3, -0.25) is 9.59 Å². The molecule has 2 aromatic carbocycles. The molecular weight excluding hydrogens is 500 g/mol. The Balaban J connectivity index is 1.25. The van der Waals surface area contributed by atoms with Gasteiger partial charge in [0.25, 0.3) is 5.91 Å². The molecule has 5 rings (SSSR count). The molecule has 0 saturated heterocycles. The summed E-state index contributed by atoms with van der Waals surface area (Å²) < 4.78 is 0. The van der Waals surface area contributed by atoms with E-state index >= 15 is 0 Å². The maximum atomic E-state index is 12.8. The number of amides is 2. The molecule has 4 aromatic rings. The molecule has 1 aliphatic carbocycles. The third-order valence-corrected chi connectivity index (χ3v) is 7.09. The molecule has 8 nitrogen and oxygen atoms in total. The predicted molar refractivity (Wildman–Crippen MR) is 151 cm³/mol. The molecule has 2 heterocycles. The number of para-hydroxylation sites is 1. The molecule has 0 aliphatic heterocycles. The highest BCUT2D eigenvalue weighted by Crippen LogP contribution is 2.35. The molecule has 0 bridgehead atoms. The van der Waals surface area contributed by atoms with Crippen LogP contribution >= 0.6 is 11.6 Å². The van der Waals surface area contributed by atoms with E-state index in [9.17, 15) is 9.59 Å². The number of fused-ring (bicyclic) bond motifs is 1. The van der Waals surface area contributed by atoms with E-state index in [-0.39, 0.29) is 23.9 Å². The van der Waals surface area contributed by atoms with Gasteiger partial charge in [-0.1, -0.05) is 36.4 Å². The van der Waals surface area contributed by atoms with Gasteiger partial charge in [-0.2, -0.15) is 0 Å². The van der Waals surface area contributed by atoms with Crippen molar-refractivity contribution in [3.05, 3.63) is 83.7 Å². The number of carbonyl (C=O) groups is 2. The van der Waals surface area contributed by atoms with Gasteiger partial charge in [0.2, 0.25) is 11.9 Å². The number of hydrogen-bond donors (Lipinski definition) is 4. The van der Waals surface area contributed by atoms with Crippen LogP contribution in [-0.4, -0.2) is 38.8 Å². The highest BCUT2D eigenvalue weighted by atomic mass is 35.5. The summed E-state index contributed by atoms with van der Waals surface area (Å²) in [5.74, 6) is 0.0802. The quantitative estimate of drug-likeness (QED) is 0.224. The summed E-state index contributed by atoms with van der Waals surface area (Å²) in [4.78, 5) is 36.9. The first-order chi connectivity index (χ1) is 18.4. The first-order valence-corrected chi connectivity index (χ1v) is 13.0. The number of carbonyl (C=O) groups excluding carboxylic acids is 2. The SMILES string of the molecule is C=CC(=O)Nc1ccc(C(=O)N[C@H]2CCC[C@@H](Nc3ncc(Cl)c(-c4c(C)[nH]c5ccccc45)n3)C2)cc1. The fraction of sp³-hybridized carbons (Fsp3) is 0.241. The van der Waals surface area contributed by atoms with Gasteiger partial charge < -0.3 is 20.9 Å². The van der Waals surface area contributed by atoms with Crippen LogP contribution in [0.25, 0.3) is 22.2 Å². The van der Waals surface area contributed by atoms with Crippen molar-refractivity contribution in [1.29, 1.82) is 0 Å². The number of rotatable bonds is 7. The number of aromatic amines is 1. The average molecular weight is 529 g/mol. The van der Waals surface area contributed by atoms with Gasteiger partial charge in [0.15, 0.2) is 0 Å². The Morgan fingerprint density at radius 2 is 1.87 bits per heavy atom. The maximum absolute atomic E-state index is 12.8. The van der Waals surface area contributed by atoms with Crippen molar-refractivity contribution in [1.82, 2.24) is 20.3 Å². The number of benzene rings is 2. The van der Waals surface area contributed by atoms with E-state index in [2.05, 4.69) is 38.6 Å². The molecule has 194 valence electrons. The molecule has 9 heteroatoms. The van der Waals surface area contributed by atoms with E-state index in [0.29, 0.717) is 27.9 Å². The largest absolute Gasteiger partial charge is 0.358 e. The summed E-state index contributed by atoms with van der Waals surface area (Å²) in [6.45, 7) is 5.45. The van der Waals surface area contributed by atoms with Crippen LogP contribution in [-0.2, 0) is 4.79 Å². The van der Waals surface area contributed by atoms with Crippen molar-refractivity contribution in [3.8, 4) is 11.3 Å². The minimum absolute atomic E-state index is 0.0246. The topological polar surface area (TPSA) is 112 Å². The lowest BCUT2D eigenvalue weighted by Gasteiger charge is -2.30. The number of anilines is 2. The number of aryl methyl sites for hydroxylation is 1. The Morgan fingerprint density at radius 3 is 2.66 bits per heavy atom. The molecule has 0 unspecified atom stereocenters. The second-order valence-electron chi connectivity index (χ2n) is 9.51. The van der Waals surface area contributed by atoms with Crippen molar-refractivity contribution in [2.75, 3.05) is 10.6 Å². The Morgan fingerprint density at radius 1 is 1.11 bits per heavy atom. The van der Waals surface area contributed by atoms with Crippen LogP contribution in [0.1, 0.15) is 41.7 Å². The van der Waals surface area contributed by atoms with Crippen molar-refractivity contribution >= 4 is 46.0 Å². The molecule has 0 radical (unpaired) electrons. The lowest BCUT2D eigenvalue weighted by atomic mass is 9.91. The molecular formula is C29H29ClN6O2. The molecule has 1 fully saturated rings. The minimum Gasteiger partial charge on any atom is -0.358 e. The average Bonchev–Trinajstić information content (AvgIpc) is 3.25. The third-order valence-electron chi connectivity index (χ3n) is 6.82. The van der Waals surface area contributed by atoms with Crippen LogP contribution < -0.4 is 16.0 Å². The van der Waals surface area contributed by atoms with Gasteiger partial charge in [-0.25, -0.2) is 9.97 Å². The molecule has 1 aliphatic rings. The van der Waals surface area contributed by atoms with Crippen LogP contribution in [0.15, 0.2) is 67.4 Å². The van der Waals surface area contributed by atoms with Gasteiger partial charge in [-0.05, 0) is 69.0 Å². The van der Waals surface area contributed by atoms with E-state index in [1.165, 1.54) is 6.08 Å². The van der Waals surface area contributed by atoms with E-state index in [1.54, 1.807) is 30.5 Å². The van der Waals surface area contributed by atoms with Crippen molar-refractivity contribution in [3.63, 3.8) is 0 Å². The van der Waals surface area contributed by atoms with E-state index < -0.39 is 0 Å². The van der Waals surface area contributed by atoms with Crippen LogP contribution in [0.5, 0.6) is 0 Å². The van der Waals surface area contributed by atoms with Gasteiger partial charge >= 0.3 is 0 Å². The van der Waals surface area contributed by atoms with Crippen molar-refractivity contribution < 1.29 is 9.59 Å². The summed E-state index contributed by atoms with van der Waals surface area (Å²) >= 11 is 6.54. The van der Waals surface area contributed by atoms with Crippen LogP contribution in [0.2, 0.25) is 5.02 Å². The van der Waals surface area contributed by atoms with Crippen molar-refractivity contribution in [2.45, 2.75) is 44.7 Å². The minimum atomic E-state index is -0.295. The lowest BCUT2D eigenvalue weighted by Crippen LogP contribution is -2.42. The molecule has 2 aromatic heterocycles. The highest BCUT2D eigenvalue weighted by Gasteiger charge is 2.25. The molecule has 0 spiro atoms. The molecule has 4 N–H and O–H groups in total. The van der Waals surface area contributed by atoms with Crippen LogP contribution in [0.4, 0.5) is 11.6 Å². The van der Waals surface area contributed by atoms with E-state index in [1.807, 2.05) is 25.1 Å². The number of hydrogen-bond acceptors (Lipinski definition) is 5. The van der Waals surface area contributed by atoms with Gasteiger partial charge in [0, 0.05) is 45.5 Å². The monoisotopic (exact) mass is 528 g/mol. The standard InChI is InChI=1S/C29H29ClN6O2/c1-3-25(37)33-19-13-11-18(12-14-19)28(38)34-20-7-6-8-21(15-20)35-29-31-16-23(30)27(36-29)26-17(2)32-24-10-5-4-9-22(24)26/h3-5,9-14,16,20-21,32H,1,6-8,15H2,2H3,(H,33,37)(H,34,38)(H,31,35,36)/t20-,21+/m0/s1. The Kier molecular flexibility index (Phi) is 7.42.